The molecule has 8 nitrogen and oxygen atoms in total. The second-order valence-electron chi connectivity index (χ2n) is 12.3. The van der Waals surface area contributed by atoms with Crippen molar-refractivity contribution in [2.24, 2.45) is 0 Å². The normalized spacial score (nSPS) is 20.1. The summed E-state index contributed by atoms with van der Waals surface area (Å²) in [6.07, 6.45) is 1.97. The Bertz CT molecular complexity index is 1780. The van der Waals surface area contributed by atoms with Gasteiger partial charge in [0.05, 0.1) is 5.56 Å². The van der Waals surface area contributed by atoms with Crippen LogP contribution in [0.2, 0.25) is 0 Å². The van der Waals surface area contributed by atoms with Crippen LogP contribution in [0.1, 0.15) is 47.4 Å². The van der Waals surface area contributed by atoms with Crippen molar-refractivity contribution in [2.75, 3.05) is 45.3 Å². The molecule has 1 fully saturated rings. The van der Waals surface area contributed by atoms with Crippen LogP contribution in [0.4, 0.5) is 11.6 Å². The number of hydrogen-bond acceptors (Lipinski definition) is 8. The Hall–Kier alpha value is -3.95. The van der Waals surface area contributed by atoms with Gasteiger partial charge in [0.1, 0.15) is 11.7 Å². The molecule has 2 aliphatic rings. The molecule has 3 heterocycles. The molecule has 9 heteroatoms. The molecule has 0 amide bonds. The summed E-state index contributed by atoms with van der Waals surface area (Å²) in [7, 11) is 5.86. The second kappa shape index (κ2) is 11.3. The van der Waals surface area contributed by atoms with E-state index in [0.29, 0.717) is 33.5 Å². The van der Waals surface area contributed by atoms with Crippen LogP contribution in [0.15, 0.2) is 72.2 Å². The number of anilines is 2. The number of nitrogens with zero attached hydrogens (tertiary/aromatic N) is 5. The molecule has 0 spiro atoms. The summed E-state index contributed by atoms with van der Waals surface area (Å²) in [5.74, 6) is 1.47. The van der Waals surface area contributed by atoms with E-state index in [4.69, 9.17) is 4.98 Å². The highest BCUT2D eigenvalue weighted by Crippen LogP contribution is 2.43. The van der Waals surface area contributed by atoms with Gasteiger partial charge in [-0.15, -0.1) is 0 Å². The molecule has 2 unspecified atom stereocenters. The molecule has 1 saturated heterocycles. The second-order valence-corrected chi connectivity index (χ2v) is 13.7. The number of fused-ring (bicyclic) bond motifs is 2. The summed E-state index contributed by atoms with van der Waals surface area (Å²) in [6, 6.07) is 17.4. The number of aromatic nitrogens is 3. The zero-order chi connectivity index (χ0) is 30.5. The zero-order valence-corrected chi connectivity index (χ0v) is 26.2. The number of thioether (sulfide) groups is 1. The molecule has 2 atom stereocenters. The third-order valence-electron chi connectivity index (χ3n) is 8.76. The number of carbonyl (C=O) groups excluding carboxylic acids is 1. The van der Waals surface area contributed by atoms with Gasteiger partial charge >= 0.3 is 0 Å². The lowest BCUT2D eigenvalue weighted by atomic mass is 9.68. The quantitative estimate of drug-likeness (QED) is 0.317. The number of hydrogen-bond donors (Lipinski definition) is 1. The van der Waals surface area contributed by atoms with E-state index in [-0.39, 0.29) is 17.8 Å². The topological polar surface area (TPSA) is 83.4 Å². The smallest absolute Gasteiger partial charge is 0.262 e. The number of likely N-dealkylation sites (N-methyl/N-ethyl adjacent to an activating group) is 1. The van der Waals surface area contributed by atoms with Crippen molar-refractivity contribution in [3.63, 3.8) is 0 Å². The fraction of sp³-hybridized carbons (Fsp3) is 0.353. The molecule has 43 heavy (non-hydrogen) atoms. The number of benzene rings is 2. The van der Waals surface area contributed by atoms with Gasteiger partial charge in [-0.05, 0) is 41.9 Å². The summed E-state index contributed by atoms with van der Waals surface area (Å²) in [4.78, 5) is 41.8. The molecule has 0 bridgehead atoms. The third kappa shape index (κ3) is 5.36. The summed E-state index contributed by atoms with van der Waals surface area (Å²) in [5, 5.41) is 4.44. The molecule has 6 rings (SSSR count). The van der Waals surface area contributed by atoms with Crippen LogP contribution in [-0.4, -0.2) is 70.1 Å². The fourth-order valence-corrected chi connectivity index (χ4v) is 7.77. The van der Waals surface area contributed by atoms with Gasteiger partial charge in [-0.3, -0.25) is 14.2 Å². The third-order valence-corrected chi connectivity index (χ3v) is 10.00. The molecule has 2 aromatic carbocycles. The highest BCUT2D eigenvalue weighted by Gasteiger charge is 2.44. The predicted molar refractivity (Wildman–Crippen MR) is 176 cm³/mol. The van der Waals surface area contributed by atoms with Crippen molar-refractivity contribution in [1.29, 1.82) is 0 Å². The summed E-state index contributed by atoms with van der Waals surface area (Å²) in [6.45, 7) is 10.4. The maximum absolute atomic E-state index is 14.3. The monoisotopic (exact) mass is 594 g/mol. The number of Topliss-reactive ketones (excluding diaryl/α,β-unsaturated/α-hetero) is 1. The number of rotatable bonds is 6. The van der Waals surface area contributed by atoms with Crippen LogP contribution in [0.5, 0.6) is 0 Å². The zero-order valence-electron chi connectivity index (χ0n) is 25.4. The van der Waals surface area contributed by atoms with E-state index in [1.54, 1.807) is 21.7 Å². The van der Waals surface area contributed by atoms with Crippen molar-refractivity contribution >= 4 is 45.9 Å². The van der Waals surface area contributed by atoms with E-state index < -0.39 is 11.5 Å². The molecule has 1 aliphatic carbocycles. The van der Waals surface area contributed by atoms with Crippen LogP contribution in [0.25, 0.3) is 16.7 Å². The lowest BCUT2D eigenvalue weighted by molar-refractivity contribution is -0.124. The van der Waals surface area contributed by atoms with Crippen LogP contribution in [-0.2, 0) is 16.6 Å². The minimum Gasteiger partial charge on any atom is -0.377 e. The van der Waals surface area contributed by atoms with Gasteiger partial charge in [-0.25, -0.2) is 4.98 Å². The first-order chi connectivity index (χ1) is 20.5. The maximum Gasteiger partial charge on any atom is 0.262 e. The number of carbonyl (C=O) groups is 1. The standard InChI is InChI=1S/C34H38N6O2S/c1-21(38(4)5)26-17-24-19-35-33(36-25-13-11-22(12-14-25)29-20-39(6)15-16-43-29)37-31(24)40(32(26)42)30-28(41)18-23-9-7-8-10-27(23)34(30,2)3/h7-14,17,19,29-30H,1,15-16,18,20H2,2-6H3,(H,35,36,37). The van der Waals surface area contributed by atoms with Gasteiger partial charge in [-0.1, -0.05) is 56.8 Å². The molecule has 2 aromatic heterocycles. The number of ketones is 1. The van der Waals surface area contributed by atoms with Crippen LogP contribution in [0.3, 0.4) is 0 Å². The Morgan fingerprint density at radius 3 is 2.58 bits per heavy atom. The summed E-state index contributed by atoms with van der Waals surface area (Å²) < 4.78 is 1.59. The van der Waals surface area contributed by atoms with Gasteiger partial charge < -0.3 is 15.1 Å². The van der Waals surface area contributed by atoms with Gasteiger partial charge in [0, 0.05) is 73.0 Å². The van der Waals surface area contributed by atoms with Gasteiger partial charge in [-0.2, -0.15) is 16.7 Å². The lowest BCUT2D eigenvalue weighted by Gasteiger charge is -2.40. The van der Waals surface area contributed by atoms with E-state index in [0.717, 1.165) is 35.7 Å². The highest BCUT2D eigenvalue weighted by atomic mass is 32.2. The Balaban J connectivity index is 1.44. The van der Waals surface area contributed by atoms with Gasteiger partial charge in [0.2, 0.25) is 5.95 Å². The van der Waals surface area contributed by atoms with Crippen molar-refractivity contribution in [1.82, 2.24) is 24.3 Å². The minimum atomic E-state index is -0.750. The molecule has 1 N–H and O–H groups in total. The molecule has 0 radical (unpaired) electrons. The van der Waals surface area contributed by atoms with Crippen LogP contribution < -0.4 is 10.9 Å². The number of nitrogens with one attached hydrogen (secondary N) is 1. The largest absolute Gasteiger partial charge is 0.377 e. The Morgan fingerprint density at radius 1 is 1.12 bits per heavy atom. The summed E-state index contributed by atoms with van der Waals surface area (Å²) in [5.41, 5.74) is 4.67. The van der Waals surface area contributed by atoms with Crippen LogP contribution in [0, 0.1) is 0 Å². The fourth-order valence-electron chi connectivity index (χ4n) is 6.36. The van der Waals surface area contributed by atoms with E-state index in [9.17, 15) is 9.59 Å². The Morgan fingerprint density at radius 2 is 1.86 bits per heavy atom. The average Bonchev–Trinajstić information content (AvgIpc) is 2.98. The van der Waals surface area contributed by atoms with Gasteiger partial charge in [0.25, 0.3) is 5.56 Å². The maximum atomic E-state index is 14.3. The van der Waals surface area contributed by atoms with Crippen molar-refractivity contribution in [3.05, 3.63) is 100.0 Å². The highest BCUT2D eigenvalue weighted by molar-refractivity contribution is 7.99. The molecule has 0 saturated carbocycles. The average molecular weight is 595 g/mol. The van der Waals surface area contributed by atoms with Gasteiger partial charge in [0.15, 0.2) is 5.78 Å². The molecular weight excluding hydrogens is 556 g/mol. The Kier molecular flexibility index (Phi) is 7.64. The predicted octanol–water partition coefficient (Wildman–Crippen LogP) is 5.43. The molecule has 222 valence electrons. The molecular formula is C34H38N6O2S. The van der Waals surface area contributed by atoms with E-state index >= 15 is 0 Å². The first-order valence-electron chi connectivity index (χ1n) is 14.6. The summed E-state index contributed by atoms with van der Waals surface area (Å²) >= 11 is 1.99. The van der Waals surface area contributed by atoms with E-state index in [1.165, 1.54) is 5.56 Å². The van der Waals surface area contributed by atoms with E-state index in [1.807, 2.05) is 70.0 Å². The lowest BCUT2D eigenvalue weighted by Crippen LogP contribution is -2.46. The van der Waals surface area contributed by atoms with Crippen LogP contribution >= 0.6 is 11.8 Å². The first-order valence-corrected chi connectivity index (χ1v) is 15.7. The van der Waals surface area contributed by atoms with Crippen molar-refractivity contribution in [3.8, 4) is 0 Å². The Labute approximate surface area is 256 Å². The minimum absolute atomic E-state index is 0.0188. The molecule has 4 aromatic rings. The van der Waals surface area contributed by atoms with Crippen molar-refractivity contribution < 1.29 is 4.79 Å². The SMILES string of the molecule is C=C(c1cc2cnc(Nc3ccc(C4CN(C)CCS4)cc3)nc2n(C2C(=O)Cc3ccccc3C2(C)C)c1=O)N(C)C. The number of pyridine rings is 1. The van der Waals surface area contributed by atoms with E-state index in [2.05, 4.69) is 47.0 Å². The first kappa shape index (κ1) is 29.1. The van der Waals surface area contributed by atoms with Crippen molar-refractivity contribution in [2.45, 2.75) is 37.0 Å². The molecule has 1 aliphatic heterocycles.